The molecule has 4 nitrogen and oxygen atoms in total. The van der Waals surface area contributed by atoms with Gasteiger partial charge in [0.15, 0.2) is 0 Å². The highest BCUT2D eigenvalue weighted by molar-refractivity contribution is 5.79. The van der Waals surface area contributed by atoms with Crippen molar-refractivity contribution < 1.29 is 0 Å². The molecule has 0 atom stereocenters. The summed E-state index contributed by atoms with van der Waals surface area (Å²) in [7, 11) is 1.99. The van der Waals surface area contributed by atoms with Gasteiger partial charge < -0.3 is 4.90 Å². The first kappa shape index (κ1) is 13.5. The Labute approximate surface area is 104 Å². The molecule has 0 fully saturated rings. The van der Waals surface area contributed by atoms with Gasteiger partial charge in [0.25, 0.3) is 0 Å². The standard InChI is InChI=1S/C13H22N4/c1-4-9-15-13(16-14)17(3)10-12-8-6-5-7-11(12)2/h5-8H,4,9-10,14H2,1-3H3,(H,15,16). The molecule has 0 aliphatic rings. The highest BCUT2D eigenvalue weighted by Gasteiger charge is 2.06. The summed E-state index contributed by atoms with van der Waals surface area (Å²) in [6.45, 7) is 5.80. The van der Waals surface area contributed by atoms with E-state index in [9.17, 15) is 0 Å². The summed E-state index contributed by atoms with van der Waals surface area (Å²) in [6, 6.07) is 8.34. The number of hydrogen-bond donors (Lipinski definition) is 2. The van der Waals surface area contributed by atoms with Gasteiger partial charge in [0.05, 0.1) is 0 Å². The van der Waals surface area contributed by atoms with E-state index in [0.29, 0.717) is 0 Å². The lowest BCUT2D eigenvalue weighted by Crippen LogP contribution is -2.42. The molecule has 0 saturated carbocycles. The number of hydrogen-bond acceptors (Lipinski definition) is 2. The Morgan fingerprint density at radius 3 is 2.71 bits per heavy atom. The molecular formula is C13H22N4. The predicted octanol–water partition coefficient (Wildman–Crippen LogP) is 1.66. The molecule has 0 aromatic heterocycles. The molecule has 0 heterocycles. The Bertz CT molecular complexity index is 373. The first-order valence-corrected chi connectivity index (χ1v) is 5.95. The van der Waals surface area contributed by atoms with Crippen molar-refractivity contribution in [2.24, 2.45) is 10.8 Å². The van der Waals surface area contributed by atoms with E-state index in [1.807, 2.05) is 18.0 Å². The van der Waals surface area contributed by atoms with Gasteiger partial charge in [-0.3, -0.25) is 10.4 Å². The summed E-state index contributed by atoms with van der Waals surface area (Å²) in [5.41, 5.74) is 5.22. The molecule has 0 aliphatic heterocycles. The van der Waals surface area contributed by atoms with E-state index in [1.54, 1.807) is 0 Å². The average molecular weight is 234 g/mol. The topological polar surface area (TPSA) is 53.6 Å². The molecule has 1 aromatic carbocycles. The lowest BCUT2D eigenvalue weighted by molar-refractivity contribution is 0.475. The molecule has 0 unspecified atom stereocenters. The number of nitrogens with two attached hydrogens (primary N) is 1. The van der Waals surface area contributed by atoms with E-state index in [1.165, 1.54) is 11.1 Å². The Balaban J connectivity index is 2.70. The predicted molar refractivity (Wildman–Crippen MR) is 72.6 cm³/mol. The number of hydrazine groups is 1. The van der Waals surface area contributed by atoms with Gasteiger partial charge in [-0.2, -0.15) is 0 Å². The normalized spacial score (nSPS) is 11.4. The monoisotopic (exact) mass is 234 g/mol. The molecule has 17 heavy (non-hydrogen) atoms. The van der Waals surface area contributed by atoms with Gasteiger partial charge in [-0.15, -0.1) is 0 Å². The van der Waals surface area contributed by atoms with Gasteiger partial charge in [-0.25, -0.2) is 5.84 Å². The molecular weight excluding hydrogens is 212 g/mol. The van der Waals surface area contributed by atoms with Crippen LogP contribution in [0, 0.1) is 6.92 Å². The fourth-order valence-corrected chi connectivity index (χ4v) is 1.61. The quantitative estimate of drug-likeness (QED) is 0.360. The summed E-state index contributed by atoms with van der Waals surface area (Å²) in [6.07, 6.45) is 1.02. The maximum Gasteiger partial charge on any atom is 0.208 e. The van der Waals surface area contributed by atoms with Crippen molar-refractivity contribution in [3.63, 3.8) is 0 Å². The van der Waals surface area contributed by atoms with Crippen molar-refractivity contribution >= 4 is 5.96 Å². The third kappa shape index (κ3) is 4.07. The van der Waals surface area contributed by atoms with Gasteiger partial charge in [-0.05, 0) is 24.5 Å². The van der Waals surface area contributed by atoms with Gasteiger partial charge in [0, 0.05) is 20.1 Å². The van der Waals surface area contributed by atoms with Crippen molar-refractivity contribution in [2.75, 3.05) is 13.6 Å². The van der Waals surface area contributed by atoms with Crippen LogP contribution >= 0.6 is 0 Å². The van der Waals surface area contributed by atoms with Crippen molar-refractivity contribution in [2.45, 2.75) is 26.8 Å². The summed E-state index contributed by atoms with van der Waals surface area (Å²) in [4.78, 5) is 6.42. The maximum absolute atomic E-state index is 5.48. The minimum absolute atomic E-state index is 0.732. The molecule has 4 heteroatoms. The Morgan fingerprint density at radius 2 is 2.12 bits per heavy atom. The van der Waals surface area contributed by atoms with Gasteiger partial charge >= 0.3 is 0 Å². The Kier molecular flexibility index (Phi) is 5.49. The number of benzene rings is 1. The van der Waals surface area contributed by atoms with Crippen molar-refractivity contribution in [1.29, 1.82) is 0 Å². The molecule has 1 aromatic rings. The Hall–Kier alpha value is -1.55. The summed E-state index contributed by atoms with van der Waals surface area (Å²) in [5.74, 6) is 6.22. The number of aliphatic imine (C=N–C) groups is 1. The van der Waals surface area contributed by atoms with Crippen LogP contribution < -0.4 is 11.3 Å². The highest BCUT2D eigenvalue weighted by atomic mass is 15.4. The highest BCUT2D eigenvalue weighted by Crippen LogP contribution is 2.09. The summed E-state index contributed by atoms with van der Waals surface area (Å²) < 4.78 is 0. The summed E-state index contributed by atoms with van der Waals surface area (Å²) >= 11 is 0. The summed E-state index contributed by atoms with van der Waals surface area (Å²) in [5, 5.41) is 0. The fraction of sp³-hybridized carbons (Fsp3) is 0.462. The van der Waals surface area contributed by atoms with Gasteiger partial charge in [0.1, 0.15) is 0 Å². The zero-order valence-corrected chi connectivity index (χ0v) is 10.9. The SMILES string of the molecule is CCCN=C(NN)N(C)Cc1ccccc1C. The van der Waals surface area contributed by atoms with Crippen LogP contribution in [0.3, 0.4) is 0 Å². The van der Waals surface area contributed by atoms with Gasteiger partial charge in [-0.1, -0.05) is 31.2 Å². The molecule has 0 amide bonds. The molecule has 3 N–H and O–H groups in total. The largest absolute Gasteiger partial charge is 0.341 e. The van der Waals surface area contributed by atoms with E-state index in [4.69, 9.17) is 5.84 Å². The van der Waals surface area contributed by atoms with Crippen LogP contribution in [0.5, 0.6) is 0 Å². The van der Waals surface area contributed by atoms with Crippen molar-refractivity contribution in [3.8, 4) is 0 Å². The zero-order chi connectivity index (χ0) is 12.7. The molecule has 1 rings (SSSR count). The third-order valence-electron chi connectivity index (χ3n) is 2.64. The van der Waals surface area contributed by atoms with E-state index >= 15 is 0 Å². The van der Waals surface area contributed by atoms with Crippen molar-refractivity contribution in [1.82, 2.24) is 10.3 Å². The van der Waals surface area contributed by atoms with Crippen LogP contribution in [0.2, 0.25) is 0 Å². The first-order valence-electron chi connectivity index (χ1n) is 5.95. The number of nitrogens with zero attached hydrogens (tertiary/aromatic N) is 2. The molecule has 0 saturated heterocycles. The van der Waals surface area contributed by atoms with Crippen LogP contribution in [0.1, 0.15) is 24.5 Å². The van der Waals surface area contributed by atoms with E-state index < -0.39 is 0 Å². The second-order valence-corrected chi connectivity index (χ2v) is 4.13. The fourth-order valence-electron chi connectivity index (χ4n) is 1.61. The van der Waals surface area contributed by atoms with Crippen LogP contribution in [0.25, 0.3) is 0 Å². The number of aryl methyl sites for hydroxylation is 1. The zero-order valence-electron chi connectivity index (χ0n) is 10.9. The molecule has 0 bridgehead atoms. The molecule has 0 spiro atoms. The lowest BCUT2D eigenvalue weighted by atomic mass is 10.1. The van der Waals surface area contributed by atoms with Crippen LogP contribution in [-0.4, -0.2) is 24.5 Å². The average Bonchev–Trinajstić information content (AvgIpc) is 2.33. The number of rotatable bonds is 4. The third-order valence-corrected chi connectivity index (χ3v) is 2.64. The number of guanidine groups is 1. The van der Waals surface area contributed by atoms with Crippen LogP contribution in [0.15, 0.2) is 29.3 Å². The second-order valence-electron chi connectivity index (χ2n) is 4.13. The molecule has 94 valence electrons. The van der Waals surface area contributed by atoms with Gasteiger partial charge in [0.2, 0.25) is 5.96 Å². The first-order chi connectivity index (χ1) is 8.19. The van der Waals surface area contributed by atoms with Crippen LogP contribution in [-0.2, 0) is 6.54 Å². The smallest absolute Gasteiger partial charge is 0.208 e. The van der Waals surface area contributed by atoms with E-state index in [-0.39, 0.29) is 0 Å². The molecule has 0 radical (unpaired) electrons. The minimum Gasteiger partial charge on any atom is -0.341 e. The minimum atomic E-state index is 0.732. The van der Waals surface area contributed by atoms with Crippen LogP contribution in [0.4, 0.5) is 0 Å². The lowest BCUT2D eigenvalue weighted by Gasteiger charge is -2.21. The maximum atomic E-state index is 5.48. The van der Waals surface area contributed by atoms with E-state index in [0.717, 1.165) is 25.5 Å². The second kappa shape index (κ2) is 6.91. The molecule has 0 aliphatic carbocycles. The van der Waals surface area contributed by atoms with Crippen molar-refractivity contribution in [3.05, 3.63) is 35.4 Å². The Morgan fingerprint density at radius 1 is 1.41 bits per heavy atom. The number of nitrogens with one attached hydrogen (secondary N) is 1. The van der Waals surface area contributed by atoms with E-state index in [2.05, 4.69) is 42.5 Å².